The van der Waals surface area contributed by atoms with Gasteiger partial charge in [0.2, 0.25) is 0 Å². The third-order valence-electron chi connectivity index (χ3n) is 3.97. The number of nitrogens with zero attached hydrogens (tertiary/aromatic N) is 2. The molecule has 0 N–H and O–H groups in total. The lowest BCUT2D eigenvalue weighted by Crippen LogP contribution is -2.00. The zero-order valence-corrected chi connectivity index (χ0v) is 12.1. The first-order chi connectivity index (χ1) is 11.0. The Bertz CT molecular complexity index is 664. The second kappa shape index (κ2) is 6.13. The summed E-state index contributed by atoms with van der Waals surface area (Å²) >= 11 is 0. The zero-order valence-electron chi connectivity index (χ0n) is 12.1. The van der Waals surface area contributed by atoms with Gasteiger partial charge in [-0.2, -0.15) is 0 Å². The van der Waals surface area contributed by atoms with Crippen LogP contribution >= 0.6 is 0 Å². The normalized spacial score (nSPS) is 20.3. The van der Waals surface area contributed by atoms with Crippen molar-refractivity contribution >= 4 is 11.4 Å². The van der Waals surface area contributed by atoms with Crippen LogP contribution in [0.2, 0.25) is 0 Å². The molecule has 1 fully saturated rings. The molecule has 3 rings (SSSR count). The van der Waals surface area contributed by atoms with E-state index in [2.05, 4.69) is 0 Å². The number of hydrogen-bond donors (Lipinski definition) is 0. The highest BCUT2D eigenvalue weighted by Crippen LogP contribution is 2.41. The van der Waals surface area contributed by atoms with Crippen molar-refractivity contribution in [2.75, 3.05) is 0 Å². The van der Waals surface area contributed by atoms with Gasteiger partial charge in [-0.15, -0.1) is 0 Å². The van der Waals surface area contributed by atoms with E-state index in [0.29, 0.717) is 0 Å². The molecular formula is C16H14N2O5. The molecule has 0 radical (unpaired) electrons. The van der Waals surface area contributed by atoms with Gasteiger partial charge in [-0.25, -0.2) is 0 Å². The standard InChI is InChI=1S/C16H14N2O5/c19-17(20)13-5-1-11(2-6-13)15-9-10-16(23-15)12-3-7-14(8-4-12)18(21)22/h1-8,15-16H,9-10H2/t15-,16-/m0/s1. The van der Waals surface area contributed by atoms with Crippen molar-refractivity contribution in [2.24, 2.45) is 0 Å². The lowest BCUT2D eigenvalue weighted by Gasteiger charge is -2.14. The molecule has 23 heavy (non-hydrogen) atoms. The molecule has 0 bridgehead atoms. The predicted molar refractivity (Wildman–Crippen MR) is 82.0 cm³/mol. The Kier molecular flexibility index (Phi) is 4.03. The molecule has 1 heterocycles. The van der Waals surface area contributed by atoms with Crippen molar-refractivity contribution in [3.05, 3.63) is 79.9 Å². The van der Waals surface area contributed by atoms with E-state index in [1.807, 2.05) is 0 Å². The van der Waals surface area contributed by atoms with Gasteiger partial charge in [0.05, 0.1) is 22.1 Å². The van der Waals surface area contributed by atoms with E-state index < -0.39 is 9.85 Å². The first-order valence-electron chi connectivity index (χ1n) is 7.19. The third kappa shape index (κ3) is 3.19. The van der Waals surface area contributed by atoms with Crippen molar-refractivity contribution in [1.29, 1.82) is 0 Å². The average Bonchev–Trinajstić information content (AvgIpc) is 3.05. The van der Waals surface area contributed by atoms with Crippen molar-refractivity contribution in [3.63, 3.8) is 0 Å². The molecule has 1 aliphatic rings. The number of benzene rings is 2. The molecule has 7 heteroatoms. The van der Waals surface area contributed by atoms with Crippen LogP contribution in [0.15, 0.2) is 48.5 Å². The molecule has 118 valence electrons. The number of nitro benzene ring substituents is 2. The minimum atomic E-state index is -0.432. The van der Waals surface area contributed by atoms with Gasteiger partial charge in [0, 0.05) is 24.3 Å². The molecule has 0 aliphatic carbocycles. The fraction of sp³-hybridized carbons (Fsp3) is 0.250. The van der Waals surface area contributed by atoms with E-state index in [9.17, 15) is 20.2 Å². The highest BCUT2D eigenvalue weighted by atomic mass is 16.6. The molecule has 0 aromatic heterocycles. The second-order valence-corrected chi connectivity index (χ2v) is 5.39. The summed E-state index contributed by atoms with van der Waals surface area (Å²) in [6, 6.07) is 12.7. The quantitative estimate of drug-likeness (QED) is 0.625. The monoisotopic (exact) mass is 314 g/mol. The van der Waals surface area contributed by atoms with Crippen LogP contribution in [0.5, 0.6) is 0 Å². The largest absolute Gasteiger partial charge is 0.366 e. The van der Waals surface area contributed by atoms with Crippen LogP contribution in [0.1, 0.15) is 36.2 Å². The van der Waals surface area contributed by atoms with Crippen molar-refractivity contribution in [2.45, 2.75) is 25.0 Å². The summed E-state index contributed by atoms with van der Waals surface area (Å²) in [6.07, 6.45) is 1.38. The fourth-order valence-corrected chi connectivity index (χ4v) is 2.75. The number of non-ortho nitro benzene ring substituents is 2. The molecule has 7 nitrogen and oxygen atoms in total. The summed E-state index contributed by atoms with van der Waals surface area (Å²) in [5.74, 6) is 0. The maximum atomic E-state index is 10.7. The van der Waals surface area contributed by atoms with Gasteiger partial charge in [0.1, 0.15) is 0 Å². The predicted octanol–water partition coefficient (Wildman–Crippen LogP) is 4.10. The Morgan fingerprint density at radius 1 is 0.739 bits per heavy atom. The molecule has 0 amide bonds. The summed E-state index contributed by atoms with van der Waals surface area (Å²) in [5.41, 5.74) is 1.91. The van der Waals surface area contributed by atoms with Crippen LogP contribution in [0, 0.1) is 20.2 Å². The minimum absolute atomic E-state index is 0.0543. The Morgan fingerprint density at radius 2 is 1.09 bits per heavy atom. The first kappa shape index (κ1) is 15.1. The van der Waals surface area contributed by atoms with Gasteiger partial charge in [0.15, 0.2) is 0 Å². The summed E-state index contributed by atoms with van der Waals surface area (Å²) in [4.78, 5) is 20.5. The second-order valence-electron chi connectivity index (χ2n) is 5.39. The Labute approximate surface area is 131 Å². The van der Waals surface area contributed by atoms with Crippen molar-refractivity contribution in [3.8, 4) is 0 Å². The maximum absolute atomic E-state index is 10.7. The van der Waals surface area contributed by atoms with Crippen molar-refractivity contribution in [1.82, 2.24) is 0 Å². The number of rotatable bonds is 4. The topological polar surface area (TPSA) is 95.5 Å². The minimum Gasteiger partial charge on any atom is -0.366 e. The van der Waals surface area contributed by atoms with Crippen LogP contribution in [-0.4, -0.2) is 9.85 Å². The van der Waals surface area contributed by atoms with E-state index >= 15 is 0 Å². The summed E-state index contributed by atoms with van der Waals surface area (Å²) in [7, 11) is 0. The number of nitro groups is 2. The van der Waals surface area contributed by atoms with Crippen LogP contribution in [0.4, 0.5) is 11.4 Å². The Morgan fingerprint density at radius 3 is 1.39 bits per heavy atom. The molecule has 2 aromatic rings. The Balaban J connectivity index is 1.70. The molecule has 1 aliphatic heterocycles. The molecule has 1 saturated heterocycles. The molecule has 0 spiro atoms. The van der Waals surface area contributed by atoms with Crippen LogP contribution in [0.25, 0.3) is 0 Å². The third-order valence-corrected chi connectivity index (χ3v) is 3.97. The van der Waals surface area contributed by atoms with Crippen LogP contribution in [0.3, 0.4) is 0 Å². The first-order valence-corrected chi connectivity index (χ1v) is 7.19. The van der Waals surface area contributed by atoms with E-state index in [4.69, 9.17) is 4.74 Å². The number of hydrogen-bond acceptors (Lipinski definition) is 5. The molecule has 0 saturated carbocycles. The van der Waals surface area contributed by atoms with Gasteiger partial charge in [-0.1, -0.05) is 0 Å². The summed E-state index contributed by atoms with van der Waals surface area (Å²) in [5, 5.41) is 21.3. The lowest BCUT2D eigenvalue weighted by atomic mass is 10.0. The van der Waals surface area contributed by atoms with Gasteiger partial charge >= 0.3 is 0 Å². The molecule has 2 aromatic carbocycles. The smallest absolute Gasteiger partial charge is 0.269 e. The molecular weight excluding hydrogens is 300 g/mol. The molecule has 2 atom stereocenters. The van der Waals surface area contributed by atoms with Gasteiger partial charge < -0.3 is 4.74 Å². The Hall–Kier alpha value is -2.80. The number of ether oxygens (including phenoxy) is 1. The average molecular weight is 314 g/mol. The summed E-state index contributed by atoms with van der Waals surface area (Å²) < 4.78 is 5.99. The highest BCUT2D eigenvalue weighted by Gasteiger charge is 2.28. The molecule has 0 unspecified atom stereocenters. The van der Waals surface area contributed by atoms with E-state index in [-0.39, 0.29) is 23.6 Å². The van der Waals surface area contributed by atoms with E-state index in [1.54, 1.807) is 24.3 Å². The van der Waals surface area contributed by atoms with Crippen LogP contribution < -0.4 is 0 Å². The SMILES string of the molecule is O=[N+]([O-])c1ccc([C@@H]2CC[C@@H](c3ccc([N+](=O)[O-])cc3)O2)cc1. The van der Waals surface area contributed by atoms with Gasteiger partial charge in [-0.3, -0.25) is 20.2 Å². The maximum Gasteiger partial charge on any atom is 0.269 e. The summed E-state index contributed by atoms with van der Waals surface area (Å²) in [6.45, 7) is 0. The van der Waals surface area contributed by atoms with Crippen LogP contribution in [-0.2, 0) is 4.74 Å². The highest BCUT2D eigenvalue weighted by molar-refractivity contribution is 5.36. The van der Waals surface area contributed by atoms with Crippen molar-refractivity contribution < 1.29 is 14.6 Å². The lowest BCUT2D eigenvalue weighted by molar-refractivity contribution is -0.385. The van der Waals surface area contributed by atoms with E-state index in [0.717, 1.165) is 24.0 Å². The van der Waals surface area contributed by atoms with E-state index in [1.165, 1.54) is 24.3 Å². The van der Waals surface area contributed by atoms with Gasteiger partial charge in [0.25, 0.3) is 11.4 Å². The van der Waals surface area contributed by atoms with Gasteiger partial charge in [-0.05, 0) is 48.2 Å². The fourth-order valence-electron chi connectivity index (χ4n) is 2.75. The zero-order chi connectivity index (χ0) is 16.4.